The molecule has 0 saturated heterocycles. The Morgan fingerprint density at radius 1 is 1.73 bits per heavy atom. The molecule has 60 valence electrons. The highest BCUT2D eigenvalue weighted by atomic mass is 16.5. The lowest BCUT2D eigenvalue weighted by molar-refractivity contribution is 0.0627. The molecule has 0 saturated carbocycles. The summed E-state index contributed by atoms with van der Waals surface area (Å²) in [5.74, 6) is 0.219. The van der Waals surface area contributed by atoms with Crippen LogP contribution in [-0.2, 0) is 4.74 Å². The van der Waals surface area contributed by atoms with E-state index in [0.29, 0.717) is 5.76 Å². The number of hydrogen-bond acceptors (Lipinski definition) is 3. The molecule has 1 aromatic heterocycles. The van der Waals surface area contributed by atoms with Crippen LogP contribution in [0.25, 0.3) is 0 Å². The molecular formula is C8H10O3. The van der Waals surface area contributed by atoms with Crippen molar-refractivity contribution in [2.24, 2.45) is 0 Å². The second kappa shape index (κ2) is 3.34. The van der Waals surface area contributed by atoms with Gasteiger partial charge in [-0.3, -0.25) is 4.79 Å². The first-order valence-electron chi connectivity index (χ1n) is 3.36. The number of carbonyl (C=O) groups excluding carboxylic acids is 1. The van der Waals surface area contributed by atoms with Crippen LogP contribution in [0.15, 0.2) is 22.8 Å². The minimum atomic E-state index is -0.429. The molecule has 11 heavy (non-hydrogen) atoms. The van der Waals surface area contributed by atoms with Gasteiger partial charge in [-0.25, -0.2) is 0 Å². The van der Waals surface area contributed by atoms with Crippen LogP contribution in [0.1, 0.15) is 17.5 Å². The van der Waals surface area contributed by atoms with E-state index < -0.39 is 6.10 Å². The lowest BCUT2D eigenvalue weighted by Gasteiger charge is -2.04. The van der Waals surface area contributed by atoms with E-state index in [1.807, 2.05) is 0 Å². The van der Waals surface area contributed by atoms with Gasteiger partial charge in [0.05, 0.1) is 6.26 Å². The van der Waals surface area contributed by atoms with Crippen molar-refractivity contribution in [3.8, 4) is 0 Å². The van der Waals surface area contributed by atoms with Crippen molar-refractivity contribution >= 4 is 5.78 Å². The third-order valence-corrected chi connectivity index (χ3v) is 1.49. The van der Waals surface area contributed by atoms with Crippen molar-refractivity contribution < 1.29 is 13.9 Å². The molecule has 0 radical (unpaired) electrons. The summed E-state index contributed by atoms with van der Waals surface area (Å²) in [5, 5.41) is 0. The van der Waals surface area contributed by atoms with Crippen LogP contribution in [0.3, 0.4) is 0 Å². The molecule has 0 aliphatic rings. The van der Waals surface area contributed by atoms with Crippen molar-refractivity contribution in [1.82, 2.24) is 0 Å². The fraction of sp³-hybridized carbons (Fsp3) is 0.375. The van der Waals surface area contributed by atoms with Crippen molar-refractivity contribution in [2.45, 2.75) is 13.0 Å². The summed E-state index contributed by atoms with van der Waals surface area (Å²) >= 11 is 0. The zero-order valence-corrected chi connectivity index (χ0v) is 6.53. The summed E-state index contributed by atoms with van der Waals surface area (Å²) in [6.45, 7) is 1.69. The predicted octanol–water partition coefficient (Wildman–Crippen LogP) is 1.50. The number of Topliss-reactive ketones (excluding diaryl/α,β-unsaturated/α-hetero) is 1. The van der Waals surface area contributed by atoms with Crippen LogP contribution >= 0.6 is 0 Å². The summed E-state index contributed by atoms with van der Waals surface area (Å²) in [7, 11) is 1.49. The quantitative estimate of drug-likeness (QED) is 0.619. The molecule has 0 aliphatic carbocycles. The van der Waals surface area contributed by atoms with Crippen LogP contribution < -0.4 is 0 Å². The van der Waals surface area contributed by atoms with Crippen molar-refractivity contribution in [3.63, 3.8) is 0 Å². The number of carbonyl (C=O) groups is 1. The van der Waals surface area contributed by atoms with E-state index in [4.69, 9.17) is 9.15 Å². The average Bonchev–Trinajstić information content (AvgIpc) is 2.53. The number of furan rings is 1. The molecule has 1 aromatic rings. The normalized spacial score (nSPS) is 12.9. The number of hydrogen-bond donors (Lipinski definition) is 0. The summed E-state index contributed by atoms with van der Waals surface area (Å²) in [6, 6.07) is 3.30. The van der Waals surface area contributed by atoms with Crippen LogP contribution in [0.5, 0.6) is 0 Å². The maximum absolute atomic E-state index is 11.2. The minimum Gasteiger partial charge on any atom is -0.461 e. The highest BCUT2D eigenvalue weighted by Crippen LogP contribution is 2.05. The second-order valence-corrected chi connectivity index (χ2v) is 2.22. The maximum atomic E-state index is 11.2. The Balaban J connectivity index is 2.70. The third-order valence-electron chi connectivity index (χ3n) is 1.49. The van der Waals surface area contributed by atoms with Gasteiger partial charge in [0, 0.05) is 7.11 Å². The van der Waals surface area contributed by atoms with E-state index in [1.165, 1.54) is 13.4 Å². The summed E-state index contributed by atoms with van der Waals surface area (Å²) < 4.78 is 9.71. The van der Waals surface area contributed by atoms with Crippen molar-refractivity contribution in [3.05, 3.63) is 24.2 Å². The molecule has 0 aliphatic heterocycles. The van der Waals surface area contributed by atoms with E-state index in [0.717, 1.165) is 0 Å². The molecule has 0 N–H and O–H groups in total. The molecule has 1 heterocycles. The molecule has 0 bridgehead atoms. The van der Waals surface area contributed by atoms with Gasteiger partial charge in [-0.05, 0) is 19.1 Å². The van der Waals surface area contributed by atoms with Gasteiger partial charge >= 0.3 is 0 Å². The first-order valence-corrected chi connectivity index (χ1v) is 3.36. The first-order chi connectivity index (χ1) is 5.25. The van der Waals surface area contributed by atoms with E-state index in [-0.39, 0.29) is 5.78 Å². The SMILES string of the molecule is COC(C)C(=O)c1ccco1. The first kappa shape index (κ1) is 8.01. The highest BCUT2D eigenvalue weighted by molar-refractivity contribution is 5.96. The number of rotatable bonds is 3. The molecular weight excluding hydrogens is 144 g/mol. The predicted molar refractivity (Wildman–Crippen MR) is 39.5 cm³/mol. The van der Waals surface area contributed by atoms with Crippen molar-refractivity contribution in [2.75, 3.05) is 7.11 Å². The highest BCUT2D eigenvalue weighted by Gasteiger charge is 2.15. The topological polar surface area (TPSA) is 39.4 Å². The third kappa shape index (κ3) is 1.68. The fourth-order valence-corrected chi connectivity index (χ4v) is 0.726. The molecule has 1 atom stereocenters. The molecule has 3 nitrogen and oxygen atoms in total. The summed E-state index contributed by atoms with van der Waals surface area (Å²) in [5.41, 5.74) is 0. The standard InChI is InChI=1S/C8H10O3/c1-6(10-2)8(9)7-4-3-5-11-7/h3-6H,1-2H3. The molecule has 0 aromatic carbocycles. The van der Waals surface area contributed by atoms with Crippen LogP contribution in [-0.4, -0.2) is 19.0 Å². The smallest absolute Gasteiger partial charge is 0.226 e. The number of ketones is 1. The van der Waals surface area contributed by atoms with Gasteiger partial charge < -0.3 is 9.15 Å². The Labute approximate surface area is 65.0 Å². The summed E-state index contributed by atoms with van der Waals surface area (Å²) in [4.78, 5) is 11.2. The van der Waals surface area contributed by atoms with Gasteiger partial charge in [-0.2, -0.15) is 0 Å². The van der Waals surface area contributed by atoms with E-state index in [1.54, 1.807) is 19.1 Å². The molecule has 0 spiro atoms. The van der Waals surface area contributed by atoms with E-state index in [2.05, 4.69) is 0 Å². The molecule has 1 unspecified atom stereocenters. The summed E-state index contributed by atoms with van der Waals surface area (Å²) in [6.07, 6.45) is 1.04. The van der Waals surface area contributed by atoms with Gasteiger partial charge in [-0.1, -0.05) is 0 Å². The Hall–Kier alpha value is -1.09. The Bertz CT molecular complexity index is 225. The Morgan fingerprint density at radius 3 is 2.91 bits per heavy atom. The molecule has 3 heteroatoms. The minimum absolute atomic E-state index is 0.127. The maximum Gasteiger partial charge on any atom is 0.226 e. The zero-order valence-electron chi connectivity index (χ0n) is 6.53. The molecule has 0 amide bonds. The Kier molecular flexibility index (Phi) is 2.44. The fourth-order valence-electron chi connectivity index (χ4n) is 0.726. The zero-order chi connectivity index (χ0) is 8.27. The van der Waals surface area contributed by atoms with E-state index >= 15 is 0 Å². The lowest BCUT2D eigenvalue weighted by Crippen LogP contribution is -2.18. The number of ether oxygens (including phenoxy) is 1. The van der Waals surface area contributed by atoms with Gasteiger partial charge in [0.25, 0.3) is 0 Å². The molecule has 1 rings (SSSR count). The van der Waals surface area contributed by atoms with Crippen LogP contribution in [0, 0.1) is 0 Å². The number of methoxy groups -OCH3 is 1. The largest absolute Gasteiger partial charge is 0.461 e. The monoisotopic (exact) mass is 154 g/mol. The van der Waals surface area contributed by atoms with Gasteiger partial charge in [-0.15, -0.1) is 0 Å². The van der Waals surface area contributed by atoms with Gasteiger partial charge in [0.1, 0.15) is 6.10 Å². The lowest BCUT2D eigenvalue weighted by atomic mass is 10.2. The average molecular weight is 154 g/mol. The van der Waals surface area contributed by atoms with Gasteiger partial charge in [0.15, 0.2) is 5.76 Å². The van der Waals surface area contributed by atoms with Crippen LogP contribution in [0.2, 0.25) is 0 Å². The van der Waals surface area contributed by atoms with Crippen LogP contribution in [0.4, 0.5) is 0 Å². The van der Waals surface area contributed by atoms with Gasteiger partial charge in [0.2, 0.25) is 5.78 Å². The second-order valence-electron chi connectivity index (χ2n) is 2.22. The Morgan fingerprint density at radius 2 is 2.45 bits per heavy atom. The van der Waals surface area contributed by atoms with E-state index in [9.17, 15) is 4.79 Å². The molecule has 0 fully saturated rings. The van der Waals surface area contributed by atoms with Crippen molar-refractivity contribution in [1.29, 1.82) is 0 Å².